The van der Waals surface area contributed by atoms with E-state index in [0.717, 1.165) is 21.9 Å². The number of nitrogens with one attached hydrogen (secondary N) is 1. The molecular formula is C35H40N2O5. The minimum atomic E-state index is -1.22. The maximum Gasteiger partial charge on any atom is 0.320 e. The lowest BCUT2D eigenvalue weighted by Gasteiger charge is -2.53. The smallest absolute Gasteiger partial charge is 0.320 e. The van der Waals surface area contributed by atoms with Gasteiger partial charge in [0.15, 0.2) is 0 Å². The van der Waals surface area contributed by atoms with Crippen LogP contribution in [0.4, 0.5) is 0 Å². The van der Waals surface area contributed by atoms with Crippen LogP contribution < -0.4 is 5.32 Å². The molecule has 2 amide bonds. The lowest BCUT2D eigenvalue weighted by atomic mass is 9.65. The molecule has 7 heteroatoms. The summed E-state index contributed by atoms with van der Waals surface area (Å²) in [6.45, 7) is 8.71. The van der Waals surface area contributed by atoms with Crippen LogP contribution >= 0.6 is 0 Å². The largest absolute Gasteiger partial charge is 0.468 e. The van der Waals surface area contributed by atoms with Crippen molar-refractivity contribution in [3.05, 3.63) is 95.7 Å². The van der Waals surface area contributed by atoms with Crippen molar-refractivity contribution in [1.82, 2.24) is 10.2 Å². The zero-order valence-corrected chi connectivity index (χ0v) is 25.1. The molecule has 0 aliphatic carbocycles. The second-order valence-corrected chi connectivity index (χ2v) is 12.5. The number of hydrogen-bond acceptors (Lipinski definition) is 5. The van der Waals surface area contributed by atoms with E-state index in [2.05, 4.69) is 26.1 Å². The van der Waals surface area contributed by atoms with Crippen LogP contribution in [-0.2, 0) is 36.9 Å². The molecule has 3 aromatic rings. The number of nitrogens with zero attached hydrogens (tertiary/aromatic N) is 1. The molecule has 1 saturated heterocycles. The monoisotopic (exact) mass is 568 g/mol. The van der Waals surface area contributed by atoms with E-state index in [1.54, 1.807) is 4.90 Å². The number of carbonyl (C=O) groups excluding carboxylic acids is 3. The number of amides is 2. The van der Waals surface area contributed by atoms with Crippen molar-refractivity contribution in [3.8, 4) is 0 Å². The van der Waals surface area contributed by atoms with Crippen LogP contribution in [0.3, 0.4) is 0 Å². The predicted octanol–water partition coefficient (Wildman–Crippen LogP) is 5.77. The highest BCUT2D eigenvalue weighted by Gasteiger charge is 2.60. The van der Waals surface area contributed by atoms with Gasteiger partial charge in [0, 0.05) is 24.6 Å². The second kappa shape index (κ2) is 11.7. The van der Waals surface area contributed by atoms with Gasteiger partial charge in [0.05, 0.1) is 25.9 Å². The zero-order valence-electron chi connectivity index (χ0n) is 25.1. The minimum Gasteiger partial charge on any atom is -0.468 e. The van der Waals surface area contributed by atoms with E-state index in [-0.39, 0.29) is 42.7 Å². The van der Waals surface area contributed by atoms with Crippen molar-refractivity contribution in [2.24, 2.45) is 16.7 Å². The molecular weight excluding hydrogens is 528 g/mol. The molecule has 4 atom stereocenters. The summed E-state index contributed by atoms with van der Waals surface area (Å²) in [6.07, 6.45) is 1.13. The standard InChI is InChI=1S/C35H40N2O5/c1-23-35(33(40)41-5)20-27(18-31(38)36-21-26-16-11-15-25-14-9-10-17-28(25)26)32(39)37(22-24-12-7-6-8-13-24)29(35)19-30(42-23)34(2,3)4/h6-17,19,23,27,30H,18,20-22H2,1-5H3,(H,36,38)/t23-,27+,30-,35+/m1/s1. The van der Waals surface area contributed by atoms with Gasteiger partial charge in [-0.25, -0.2) is 0 Å². The van der Waals surface area contributed by atoms with Crippen LogP contribution in [0.25, 0.3) is 10.8 Å². The first-order valence-electron chi connectivity index (χ1n) is 14.6. The van der Waals surface area contributed by atoms with Crippen LogP contribution in [0.15, 0.2) is 84.6 Å². The summed E-state index contributed by atoms with van der Waals surface area (Å²) >= 11 is 0. The summed E-state index contributed by atoms with van der Waals surface area (Å²) in [5, 5.41) is 5.19. The minimum absolute atomic E-state index is 0.0453. The third kappa shape index (κ3) is 5.58. The zero-order chi connectivity index (χ0) is 30.1. The van der Waals surface area contributed by atoms with Crippen molar-refractivity contribution in [3.63, 3.8) is 0 Å². The lowest BCUT2D eigenvalue weighted by molar-refractivity contribution is -0.180. The topological polar surface area (TPSA) is 84.9 Å². The van der Waals surface area contributed by atoms with Crippen molar-refractivity contribution in [2.75, 3.05) is 7.11 Å². The van der Waals surface area contributed by atoms with Gasteiger partial charge in [0.1, 0.15) is 5.41 Å². The Labute approximate surface area is 247 Å². The maximum absolute atomic E-state index is 14.2. The maximum atomic E-state index is 14.2. The Morgan fingerprint density at radius 3 is 2.43 bits per heavy atom. The molecule has 7 nitrogen and oxygen atoms in total. The number of methoxy groups -OCH3 is 1. The van der Waals surface area contributed by atoms with Gasteiger partial charge in [-0.2, -0.15) is 0 Å². The Balaban J connectivity index is 1.47. The van der Waals surface area contributed by atoms with Crippen LogP contribution in [0.2, 0.25) is 0 Å². The molecule has 0 spiro atoms. The molecule has 0 bridgehead atoms. The normalized spacial score (nSPS) is 24.1. The van der Waals surface area contributed by atoms with Gasteiger partial charge in [0.2, 0.25) is 11.8 Å². The van der Waals surface area contributed by atoms with E-state index >= 15 is 0 Å². The fourth-order valence-corrected chi connectivity index (χ4v) is 6.31. The van der Waals surface area contributed by atoms with Gasteiger partial charge < -0.3 is 19.7 Å². The number of hydrogen-bond donors (Lipinski definition) is 1. The summed E-state index contributed by atoms with van der Waals surface area (Å²) in [5.41, 5.74) is 1.05. The molecule has 0 radical (unpaired) electrons. The van der Waals surface area contributed by atoms with E-state index in [1.165, 1.54) is 7.11 Å². The molecule has 42 heavy (non-hydrogen) atoms. The fourth-order valence-electron chi connectivity index (χ4n) is 6.31. The lowest BCUT2D eigenvalue weighted by Crippen LogP contribution is -2.60. The van der Waals surface area contributed by atoms with Crippen molar-refractivity contribution < 1.29 is 23.9 Å². The molecule has 2 aliphatic rings. The van der Waals surface area contributed by atoms with E-state index in [1.807, 2.05) is 85.8 Å². The number of piperidine rings is 1. The first-order valence-corrected chi connectivity index (χ1v) is 14.6. The summed E-state index contributed by atoms with van der Waals surface area (Å²) in [7, 11) is 1.36. The van der Waals surface area contributed by atoms with Crippen molar-refractivity contribution in [2.45, 2.75) is 65.8 Å². The van der Waals surface area contributed by atoms with E-state index in [0.29, 0.717) is 12.2 Å². The van der Waals surface area contributed by atoms with Crippen LogP contribution in [0, 0.1) is 16.7 Å². The summed E-state index contributed by atoms with van der Waals surface area (Å²) in [5.74, 6) is -1.60. The number of likely N-dealkylation sites (tertiary alicyclic amines) is 1. The van der Waals surface area contributed by atoms with Crippen LogP contribution in [-0.4, -0.2) is 42.0 Å². The molecule has 0 saturated carbocycles. The SMILES string of the molecule is COC(=O)[C@]12C[C@H](CC(=O)NCc3cccc4ccccc34)C(=O)N(Cc3ccccc3)C1=C[C@H](C(C)(C)C)O[C@@H]2C. The molecule has 0 aromatic heterocycles. The highest BCUT2D eigenvalue weighted by Crippen LogP contribution is 2.52. The highest BCUT2D eigenvalue weighted by molar-refractivity contribution is 5.93. The van der Waals surface area contributed by atoms with E-state index in [9.17, 15) is 14.4 Å². The van der Waals surface area contributed by atoms with Gasteiger partial charge in [-0.05, 0) is 46.7 Å². The number of benzene rings is 3. The fraction of sp³-hybridized carbons (Fsp3) is 0.400. The van der Waals surface area contributed by atoms with Gasteiger partial charge in [-0.1, -0.05) is 93.6 Å². The number of rotatable bonds is 7. The molecule has 220 valence electrons. The van der Waals surface area contributed by atoms with Gasteiger partial charge in [-0.15, -0.1) is 0 Å². The van der Waals surface area contributed by atoms with Gasteiger partial charge in [0.25, 0.3) is 0 Å². The molecule has 5 rings (SSSR count). The van der Waals surface area contributed by atoms with Gasteiger partial charge >= 0.3 is 5.97 Å². The molecule has 1 fully saturated rings. The quantitative estimate of drug-likeness (QED) is 0.366. The van der Waals surface area contributed by atoms with E-state index < -0.39 is 23.4 Å². The van der Waals surface area contributed by atoms with E-state index in [4.69, 9.17) is 9.47 Å². The first-order chi connectivity index (χ1) is 20.0. The Morgan fingerprint density at radius 2 is 1.71 bits per heavy atom. The Morgan fingerprint density at radius 1 is 1.02 bits per heavy atom. The van der Waals surface area contributed by atoms with Gasteiger partial charge in [-0.3, -0.25) is 14.4 Å². The van der Waals surface area contributed by atoms with Crippen LogP contribution in [0.1, 0.15) is 51.7 Å². The predicted molar refractivity (Wildman–Crippen MR) is 162 cm³/mol. The Hall–Kier alpha value is -3.97. The molecule has 2 heterocycles. The molecule has 3 aromatic carbocycles. The number of carbonyl (C=O) groups is 3. The third-order valence-electron chi connectivity index (χ3n) is 8.66. The Bertz CT molecular complexity index is 1500. The van der Waals surface area contributed by atoms with Crippen molar-refractivity contribution in [1.29, 1.82) is 0 Å². The van der Waals surface area contributed by atoms with Crippen molar-refractivity contribution >= 4 is 28.6 Å². The average molecular weight is 569 g/mol. The summed E-state index contributed by atoms with van der Waals surface area (Å²) in [4.78, 5) is 42.9. The number of fused-ring (bicyclic) bond motifs is 2. The van der Waals surface area contributed by atoms with Crippen LogP contribution in [0.5, 0.6) is 0 Å². The summed E-state index contributed by atoms with van der Waals surface area (Å²) in [6, 6.07) is 23.7. The summed E-state index contributed by atoms with van der Waals surface area (Å²) < 4.78 is 11.8. The number of ether oxygens (including phenoxy) is 2. The highest BCUT2D eigenvalue weighted by atomic mass is 16.5. The first kappa shape index (κ1) is 29.5. The molecule has 2 aliphatic heterocycles. The molecule has 0 unspecified atom stereocenters. The average Bonchev–Trinajstić information content (AvgIpc) is 2.98. The number of esters is 1. The third-order valence-corrected chi connectivity index (χ3v) is 8.66. The second-order valence-electron chi connectivity index (χ2n) is 12.5. The molecule has 1 N–H and O–H groups in total. The Kier molecular flexibility index (Phi) is 8.24.